The number of hydrogen-bond acceptors (Lipinski definition) is 2. The Morgan fingerprint density at radius 2 is 2.38 bits per heavy atom. The van der Waals surface area contributed by atoms with Crippen LogP contribution in [-0.4, -0.2) is 11.1 Å². The molecule has 3 nitrogen and oxygen atoms in total. The Balaban J connectivity index is 2.95. The minimum absolute atomic E-state index is 0.222. The number of carboxylic acid groups (broad SMARTS) is 1. The zero-order valence-electron chi connectivity index (χ0n) is 7.40. The molecule has 0 aromatic rings. The molecule has 0 aromatic heterocycles. The van der Waals surface area contributed by atoms with Gasteiger partial charge < -0.3 is 5.11 Å². The maximum Gasteiger partial charge on any atom is 0.313 e. The molecular weight excluding hydrogens is 166 g/mol. The summed E-state index contributed by atoms with van der Waals surface area (Å²) in [6.07, 6.45) is 7.15. The highest BCUT2D eigenvalue weighted by Gasteiger charge is 2.38. The lowest BCUT2D eigenvalue weighted by atomic mass is 9.73. The second-order valence-corrected chi connectivity index (χ2v) is 3.30. The zero-order chi connectivity index (χ0) is 9.90. The van der Waals surface area contributed by atoms with E-state index in [9.17, 15) is 4.79 Å². The molecule has 13 heavy (non-hydrogen) atoms. The van der Waals surface area contributed by atoms with Crippen LogP contribution >= 0.6 is 0 Å². The third-order valence-corrected chi connectivity index (χ3v) is 2.44. The average Bonchev–Trinajstić information content (AvgIpc) is 2.09. The van der Waals surface area contributed by atoms with Gasteiger partial charge in [0.1, 0.15) is 0 Å². The van der Waals surface area contributed by atoms with E-state index in [0.717, 1.165) is 0 Å². The number of carbonyl (C=O) groups is 1. The molecule has 0 saturated carbocycles. The fraction of sp³-hybridized carbons (Fsp3) is 0.400. The summed E-state index contributed by atoms with van der Waals surface area (Å²) < 4.78 is 0. The van der Waals surface area contributed by atoms with Crippen LogP contribution in [-0.2, 0) is 4.79 Å². The molecule has 1 N–H and O–H groups in total. The molecule has 0 aromatic carbocycles. The fourth-order valence-corrected chi connectivity index (χ4v) is 1.39. The Morgan fingerprint density at radius 1 is 1.69 bits per heavy atom. The van der Waals surface area contributed by atoms with Crippen molar-refractivity contribution in [3.63, 3.8) is 0 Å². The van der Waals surface area contributed by atoms with Crippen molar-refractivity contribution < 1.29 is 9.90 Å². The molecule has 0 aliphatic heterocycles. The Morgan fingerprint density at radius 3 is 2.92 bits per heavy atom. The molecule has 68 valence electrons. The summed E-state index contributed by atoms with van der Waals surface area (Å²) in [5, 5.41) is 17.5. The van der Waals surface area contributed by atoms with Crippen LogP contribution in [0.15, 0.2) is 24.3 Å². The average molecular weight is 177 g/mol. The van der Waals surface area contributed by atoms with Crippen molar-refractivity contribution in [1.29, 1.82) is 5.26 Å². The van der Waals surface area contributed by atoms with E-state index < -0.39 is 11.4 Å². The summed E-state index contributed by atoms with van der Waals surface area (Å²) in [4.78, 5) is 11.0. The van der Waals surface area contributed by atoms with Crippen LogP contribution in [0.1, 0.15) is 13.3 Å². The van der Waals surface area contributed by atoms with Crippen LogP contribution in [0.2, 0.25) is 0 Å². The van der Waals surface area contributed by atoms with Crippen molar-refractivity contribution in [1.82, 2.24) is 0 Å². The first-order chi connectivity index (χ1) is 6.11. The molecule has 0 amide bonds. The maximum absolute atomic E-state index is 11.0. The second-order valence-electron chi connectivity index (χ2n) is 3.30. The van der Waals surface area contributed by atoms with Gasteiger partial charge in [0.2, 0.25) is 0 Å². The van der Waals surface area contributed by atoms with E-state index in [1.807, 2.05) is 6.07 Å². The molecule has 0 fully saturated rings. The summed E-state index contributed by atoms with van der Waals surface area (Å²) in [7, 11) is 0. The van der Waals surface area contributed by atoms with Gasteiger partial charge in [0.25, 0.3) is 0 Å². The van der Waals surface area contributed by atoms with Gasteiger partial charge in [0.05, 0.1) is 11.5 Å². The van der Waals surface area contributed by atoms with Crippen LogP contribution in [0.5, 0.6) is 0 Å². The second kappa shape index (κ2) is 3.44. The monoisotopic (exact) mass is 177 g/mol. The summed E-state index contributed by atoms with van der Waals surface area (Å²) in [5.41, 5.74) is -0.926. The number of carboxylic acids is 1. The van der Waals surface area contributed by atoms with Crippen LogP contribution in [0.25, 0.3) is 0 Å². The largest absolute Gasteiger partial charge is 0.481 e. The van der Waals surface area contributed by atoms with Gasteiger partial charge in [0.15, 0.2) is 0 Å². The van der Waals surface area contributed by atoms with Gasteiger partial charge in [-0.25, -0.2) is 0 Å². The van der Waals surface area contributed by atoms with Gasteiger partial charge in [-0.05, 0) is 6.92 Å². The highest BCUT2D eigenvalue weighted by molar-refractivity contribution is 5.78. The Bertz CT molecular complexity index is 311. The van der Waals surface area contributed by atoms with Gasteiger partial charge in [-0.3, -0.25) is 4.79 Å². The highest BCUT2D eigenvalue weighted by atomic mass is 16.4. The third-order valence-electron chi connectivity index (χ3n) is 2.44. The van der Waals surface area contributed by atoms with E-state index in [1.54, 1.807) is 31.2 Å². The van der Waals surface area contributed by atoms with Crippen molar-refractivity contribution in [2.24, 2.45) is 11.3 Å². The molecule has 0 spiro atoms. The van der Waals surface area contributed by atoms with E-state index in [0.29, 0.717) is 0 Å². The quantitative estimate of drug-likeness (QED) is 0.698. The molecule has 1 aliphatic rings. The highest BCUT2D eigenvalue weighted by Crippen LogP contribution is 2.35. The number of nitriles is 1. The molecule has 1 aliphatic carbocycles. The lowest BCUT2D eigenvalue weighted by Crippen LogP contribution is -2.34. The van der Waals surface area contributed by atoms with E-state index in [2.05, 4.69) is 0 Å². The SMILES string of the molecule is CC1(C(=O)O)C=CC=CC1CC#N. The van der Waals surface area contributed by atoms with E-state index in [-0.39, 0.29) is 12.3 Å². The number of aliphatic carboxylic acids is 1. The zero-order valence-corrected chi connectivity index (χ0v) is 7.40. The lowest BCUT2D eigenvalue weighted by Gasteiger charge is -2.29. The number of allylic oxidation sites excluding steroid dienone is 3. The van der Waals surface area contributed by atoms with Crippen LogP contribution in [0, 0.1) is 22.7 Å². The molecule has 2 atom stereocenters. The predicted molar refractivity (Wildman–Crippen MR) is 47.7 cm³/mol. The van der Waals surface area contributed by atoms with Gasteiger partial charge in [0, 0.05) is 12.3 Å². The van der Waals surface area contributed by atoms with Crippen LogP contribution in [0.4, 0.5) is 0 Å². The predicted octanol–water partition coefficient (Wildman–Crippen LogP) is 1.73. The Labute approximate surface area is 77.0 Å². The minimum Gasteiger partial charge on any atom is -0.481 e. The van der Waals surface area contributed by atoms with Crippen LogP contribution < -0.4 is 0 Å². The van der Waals surface area contributed by atoms with Crippen molar-refractivity contribution in [3.8, 4) is 6.07 Å². The molecule has 0 bridgehead atoms. The molecule has 0 radical (unpaired) electrons. The summed E-state index contributed by atoms with van der Waals surface area (Å²) >= 11 is 0. The standard InChI is InChI=1S/C10H11NO2/c1-10(9(12)13)6-3-2-4-8(10)5-7-11/h2-4,6,8H,5H2,1H3,(H,12,13). The Kier molecular flexibility index (Phi) is 2.52. The van der Waals surface area contributed by atoms with Gasteiger partial charge in [-0.15, -0.1) is 0 Å². The van der Waals surface area contributed by atoms with Gasteiger partial charge in [-0.2, -0.15) is 5.26 Å². The first kappa shape index (κ1) is 9.53. The molecule has 2 unspecified atom stereocenters. The first-order valence-electron chi connectivity index (χ1n) is 4.07. The number of nitrogens with zero attached hydrogens (tertiary/aromatic N) is 1. The molecule has 1 rings (SSSR count). The van der Waals surface area contributed by atoms with E-state index in [4.69, 9.17) is 10.4 Å². The maximum atomic E-state index is 11.0. The van der Waals surface area contributed by atoms with Crippen molar-refractivity contribution in [2.45, 2.75) is 13.3 Å². The smallest absolute Gasteiger partial charge is 0.313 e. The van der Waals surface area contributed by atoms with Crippen molar-refractivity contribution in [3.05, 3.63) is 24.3 Å². The van der Waals surface area contributed by atoms with E-state index >= 15 is 0 Å². The number of hydrogen-bond donors (Lipinski definition) is 1. The molecule has 0 heterocycles. The normalized spacial score (nSPS) is 31.2. The molecule has 3 heteroatoms. The summed E-state index contributed by atoms with van der Waals surface area (Å²) in [6.45, 7) is 1.64. The fourth-order valence-electron chi connectivity index (χ4n) is 1.39. The number of rotatable bonds is 2. The first-order valence-corrected chi connectivity index (χ1v) is 4.07. The minimum atomic E-state index is -0.926. The van der Waals surface area contributed by atoms with Crippen molar-refractivity contribution in [2.75, 3.05) is 0 Å². The summed E-state index contributed by atoms with van der Waals surface area (Å²) in [6, 6.07) is 2.00. The third kappa shape index (κ3) is 1.62. The van der Waals surface area contributed by atoms with Crippen molar-refractivity contribution >= 4 is 5.97 Å². The summed E-state index contributed by atoms with van der Waals surface area (Å²) in [5.74, 6) is -1.10. The van der Waals surface area contributed by atoms with Gasteiger partial charge in [-0.1, -0.05) is 24.3 Å². The molecule has 0 saturated heterocycles. The molecular formula is C10H11NO2. The van der Waals surface area contributed by atoms with Crippen LogP contribution in [0.3, 0.4) is 0 Å². The lowest BCUT2D eigenvalue weighted by molar-refractivity contribution is -0.147. The topological polar surface area (TPSA) is 61.1 Å². The van der Waals surface area contributed by atoms with E-state index in [1.165, 1.54) is 0 Å². The Hall–Kier alpha value is -1.56. The van der Waals surface area contributed by atoms with Gasteiger partial charge >= 0.3 is 5.97 Å².